The van der Waals surface area contributed by atoms with E-state index in [0.29, 0.717) is 30.2 Å². The summed E-state index contributed by atoms with van der Waals surface area (Å²) in [7, 11) is 7.50. The van der Waals surface area contributed by atoms with Gasteiger partial charge in [-0.25, -0.2) is 4.99 Å². The van der Waals surface area contributed by atoms with E-state index in [4.69, 9.17) is 10.7 Å². The predicted molar refractivity (Wildman–Crippen MR) is 199 cm³/mol. The molecule has 3 N–H and O–H groups in total. The maximum atomic E-state index is 13.5. The van der Waals surface area contributed by atoms with Crippen LogP contribution in [0.25, 0.3) is 5.70 Å². The number of aliphatic imine (C=N–C) groups is 1. The van der Waals surface area contributed by atoms with Crippen LogP contribution in [0, 0.1) is 24.2 Å². The van der Waals surface area contributed by atoms with Crippen LogP contribution in [0.3, 0.4) is 0 Å². The van der Waals surface area contributed by atoms with Gasteiger partial charge in [-0.1, -0.05) is 42.5 Å². The fraction of sp³-hybridized carbons (Fsp3) is 0.415. The van der Waals surface area contributed by atoms with Crippen LogP contribution in [0.5, 0.6) is 0 Å². The van der Waals surface area contributed by atoms with Crippen molar-refractivity contribution in [2.75, 3.05) is 34.7 Å². The Morgan fingerprint density at radius 2 is 1.62 bits per heavy atom. The maximum Gasteiger partial charge on any atom is 0.253 e. The number of nitrogens with two attached hydrogens (primary N) is 1. The van der Waals surface area contributed by atoms with Crippen LogP contribution in [0.4, 0.5) is 5.69 Å². The second-order valence-electron chi connectivity index (χ2n) is 14.8. The first-order valence-corrected chi connectivity index (χ1v) is 17.5. The summed E-state index contributed by atoms with van der Waals surface area (Å²) in [5, 5.41) is 13.2. The number of aryl methyl sites for hydroxylation is 3. The van der Waals surface area contributed by atoms with Crippen molar-refractivity contribution in [2.24, 2.45) is 16.6 Å². The molecule has 5 atom stereocenters. The number of piperidine rings is 1. The highest BCUT2D eigenvalue weighted by Crippen LogP contribution is 2.48. The monoisotopic (exact) mass is 671 g/mol. The van der Waals surface area contributed by atoms with Crippen molar-refractivity contribution >= 4 is 29.0 Å². The van der Waals surface area contributed by atoms with Crippen LogP contribution in [0.1, 0.15) is 69.9 Å². The molecule has 2 fully saturated rings. The van der Waals surface area contributed by atoms with Gasteiger partial charge in [0.2, 0.25) is 5.91 Å². The van der Waals surface area contributed by atoms with Crippen LogP contribution in [-0.2, 0) is 23.1 Å². The van der Waals surface area contributed by atoms with Gasteiger partial charge in [0.25, 0.3) is 5.91 Å². The lowest BCUT2D eigenvalue weighted by Crippen LogP contribution is -2.49. The third kappa shape index (κ3) is 6.52. The minimum atomic E-state index is -0.899. The first-order chi connectivity index (χ1) is 23.8. The SMILES string of the molecule is C=C(c1ccc2c(c1)CCc1cc(C(=O)N(C)C)ccc1C2(C[C@H](C)NCC(=O)N1C(C#N)C[C@@H]2C[C@@H]21)C(N)=Nc1ccc(C)cc1)N(C)C. The number of fused-ring (bicyclic) bond motifs is 3. The molecule has 9 nitrogen and oxygen atoms in total. The molecule has 3 aliphatic rings. The van der Waals surface area contributed by atoms with Gasteiger partial charge in [-0.3, -0.25) is 9.59 Å². The number of nitriles is 1. The number of amides is 2. The highest BCUT2D eigenvalue weighted by atomic mass is 16.2. The molecule has 6 rings (SSSR count). The molecule has 3 aromatic carbocycles. The molecule has 0 radical (unpaired) electrons. The normalized spacial score (nSPS) is 22.7. The summed E-state index contributed by atoms with van der Waals surface area (Å²) in [6.07, 6.45) is 3.71. The number of nitrogens with one attached hydrogen (secondary N) is 1. The molecule has 2 amide bonds. The topological polar surface area (TPSA) is 118 Å². The summed E-state index contributed by atoms with van der Waals surface area (Å²) in [6.45, 7) is 8.58. The summed E-state index contributed by atoms with van der Waals surface area (Å²) in [4.78, 5) is 37.2. The smallest absolute Gasteiger partial charge is 0.253 e. The zero-order chi connectivity index (χ0) is 35.9. The molecule has 50 heavy (non-hydrogen) atoms. The Morgan fingerprint density at radius 1 is 1.00 bits per heavy atom. The number of rotatable bonds is 10. The second-order valence-corrected chi connectivity index (χ2v) is 14.8. The van der Waals surface area contributed by atoms with Crippen LogP contribution >= 0.6 is 0 Å². The van der Waals surface area contributed by atoms with Gasteiger partial charge in [-0.15, -0.1) is 0 Å². The largest absolute Gasteiger partial charge is 0.386 e. The number of likely N-dealkylation sites (tertiary alicyclic amines) is 1. The molecule has 2 unspecified atom stereocenters. The van der Waals surface area contributed by atoms with Crippen LogP contribution in [0.2, 0.25) is 0 Å². The maximum absolute atomic E-state index is 13.5. The molecule has 1 aliphatic heterocycles. The molecule has 3 aromatic rings. The summed E-state index contributed by atoms with van der Waals surface area (Å²) >= 11 is 0. The number of amidine groups is 1. The van der Waals surface area contributed by atoms with Crippen molar-refractivity contribution in [1.82, 2.24) is 20.0 Å². The molecule has 1 heterocycles. The summed E-state index contributed by atoms with van der Waals surface area (Å²) in [6, 6.07) is 22.5. The average Bonchev–Trinajstić information content (AvgIpc) is 3.79. The first-order valence-electron chi connectivity index (χ1n) is 17.5. The highest BCUT2D eigenvalue weighted by molar-refractivity contribution is 5.99. The molecule has 1 saturated heterocycles. The molecule has 1 saturated carbocycles. The minimum absolute atomic E-state index is 0.0379. The number of benzene rings is 3. The molecule has 9 heteroatoms. The highest BCUT2D eigenvalue weighted by Gasteiger charge is 2.54. The number of carbonyl (C=O) groups excluding carboxylic acids is 2. The molecule has 0 bridgehead atoms. The van der Waals surface area contributed by atoms with Gasteiger partial charge < -0.3 is 25.8 Å². The summed E-state index contributed by atoms with van der Waals surface area (Å²) in [5.41, 5.74) is 15.1. The second kappa shape index (κ2) is 13.8. The zero-order valence-electron chi connectivity index (χ0n) is 30.2. The van der Waals surface area contributed by atoms with Crippen molar-refractivity contribution in [1.29, 1.82) is 5.26 Å². The number of hydrogen-bond acceptors (Lipinski definition) is 6. The first kappa shape index (κ1) is 34.9. The van der Waals surface area contributed by atoms with Gasteiger partial charge in [0.1, 0.15) is 11.9 Å². The van der Waals surface area contributed by atoms with E-state index in [0.717, 1.165) is 64.0 Å². The fourth-order valence-electron chi connectivity index (χ4n) is 7.95. The van der Waals surface area contributed by atoms with Crippen LogP contribution < -0.4 is 11.1 Å². The van der Waals surface area contributed by atoms with Crippen LogP contribution in [0.15, 0.2) is 72.2 Å². The average molecular weight is 672 g/mol. The molecule has 0 spiro atoms. The van der Waals surface area contributed by atoms with Crippen molar-refractivity contribution < 1.29 is 9.59 Å². The van der Waals surface area contributed by atoms with E-state index in [1.807, 2.05) is 62.3 Å². The van der Waals surface area contributed by atoms with Gasteiger partial charge in [0, 0.05) is 51.5 Å². The van der Waals surface area contributed by atoms with Gasteiger partial charge in [-0.2, -0.15) is 5.26 Å². The molecule has 2 aliphatic carbocycles. The Labute approximate surface area is 296 Å². The third-order valence-electron chi connectivity index (χ3n) is 10.8. The van der Waals surface area contributed by atoms with E-state index < -0.39 is 5.41 Å². The van der Waals surface area contributed by atoms with E-state index in [1.165, 1.54) is 0 Å². The third-order valence-corrected chi connectivity index (χ3v) is 10.8. The Morgan fingerprint density at radius 3 is 2.22 bits per heavy atom. The Kier molecular flexibility index (Phi) is 9.60. The van der Waals surface area contributed by atoms with Gasteiger partial charge >= 0.3 is 0 Å². The lowest BCUT2D eigenvalue weighted by atomic mass is 9.67. The Bertz CT molecular complexity index is 1820. The minimum Gasteiger partial charge on any atom is -0.386 e. The van der Waals surface area contributed by atoms with Gasteiger partial charge in [0.15, 0.2) is 0 Å². The number of hydrogen-bond donors (Lipinski definition) is 2. The van der Waals surface area contributed by atoms with Crippen LogP contribution in [-0.4, -0.2) is 85.2 Å². The lowest BCUT2D eigenvalue weighted by Gasteiger charge is -2.39. The fourth-order valence-corrected chi connectivity index (χ4v) is 7.95. The Balaban J connectivity index is 1.48. The number of carbonyl (C=O) groups is 2. The zero-order valence-corrected chi connectivity index (χ0v) is 30.2. The molecule has 0 aromatic heterocycles. The van der Waals surface area contributed by atoms with E-state index in [-0.39, 0.29) is 36.5 Å². The molecular weight excluding hydrogens is 622 g/mol. The van der Waals surface area contributed by atoms with Gasteiger partial charge in [-0.05, 0) is 110 Å². The van der Waals surface area contributed by atoms with Crippen molar-refractivity contribution in [2.45, 2.75) is 69.5 Å². The van der Waals surface area contributed by atoms with E-state index in [1.54, 1.807) is 23.9 Å². The van der Waals surface area contributed by atoms with Crippen molar-refractivity contribution in [3.8, 4) is 6.07 Å². The quantitative estimate of drug-likeness (QED) is 0.227. The lowest BCUT2D eigenvalue weighted by molar-refractivity contribution is -0.131. The van der Waals surface area contributed by atoms with E-state index >= 15 is 0 Å². The van der Waals surface area contributed by atoms with Crippen molar-refractivity contribution in [3.05, 3.63) is 106 Å². The summed E-state index contributed by atoms with van der Waals surface area (Å²) in [5.74, 6) is 0.805. The molecule has 260 valence electrons. The van der Waals surface area contributed by atoms with Crippen molar-refractivity contribution in [3.63, 3.8) is 0 Å². The molecular formula is C41H49N7O2. The van der Waals surface area contributed by atoms with Gasteiger partial charge in [0.05, 0.1) is 23.7 Å². The summed E-state index contributed by atoms with van der Waals surface area (Å²) < 4.78 is 0. The number of nitrogens with zero attached hydrogens (tertiary/aromatic N) is 5. The standard InChI is InChI=1S/C41H49N7O2/c1-25-8-14-33(15-9-25)45-40(43)41(22-26(2)44-24-38(49)48-34(23-42)20-32-21-37(32)48)35-16-12-28(27(3)46(4)5)18-29(35)10-11-30-19-31(13-17-36(30)41)39(50)47(6)7/h8-9,12-19,26,32,34,37,44H,3,10-11,20-22,24H2,1-2,4-7H3,(H2,43,45)/t26-,32+,34?,37-,41?/m0/s1. The van der Waals surface area contributed by atoms with E-state index in [2.05, 4.69) is 49.2 Å². The Hall–Kier alpha value is -4.94. The van der Waals surface area contributed by atoms with E-state index in [9.17, 15) is 14.9 Å². The predicted octanol–water partition coefficient (Wildman–Crippen LogP) is 5.18.